The number of nitrogens with zero attached hydrogens (tertiary/aromatic N) is 2. The van der Waals surface area contributed by atoms with Crippen LogP contribution in [0.3, 0.4) is 0 Å². The number of nitrogens with one attached hydrogen (secondary N) is 2. The van der Waals surface area contributed by atoms with Crippen LogP contribution in [0.1, 0.15) is 51.3 Å². The molecule has 2 aromatic carbocycles. The number of carbonyl (C=O) groups excluding carboxylic acids is 2. The number of aliphatic hydroxyl groups excluding tert-OH is 2. The summed E-state index contributed by atoms with van der Waals surface area (Å²) in [5.41, 5.74) is 5.70. The van der Waals surface area contributed by atoms with E-state index < -0.39 is 18.1 Å². The smallest absolute Gasteiger partial charge is 0.274 e. The molecule has 1 aromatic heterocycles. The number of aliphatic hydroxyl groups is 2. The zero-order valence-corrected chi connectivity index (χ0v) is 22.8. The maximum Gasteiger partial charge on any atom is 0.274 e. The normalized spacial score (nSPS) is 12.9. The number of aryl methyl sites for hydroxylation is 1. The molecule has 2 unspecified atom stereocenters. The Morgan fingerprint density at radius 3 is 2.39 bits per heavy atom. The molecule has 0 saturated heterocycles. The van der Waals surface area contributed by atoms with E-state index in [4.69, 9.17) is 4.74 Å². The lowest BCUT2D eigenvalue weighted by Crippen LogP contribution is -2.35. The van der Waals surface area contributed by atoms with Gasteiger partial charge in [-0.15, -0.1) is 11.3 Å². The van der Waals surface area contributed by atoms with Gasteiger partial charge in [-0.05, 0) is 79.2 Å². The first-order valence-electron chi connectivity index (χ1n) is 12.2. The maximum absolute atomic E-state index is 13.1. The summed E-state index contributed by atoms with van der Waals surface area (Å²) in [7, 11) is 1.59. The first kappa shape index (κ1) is 29.0. The van der Waals surface area contributed by atoms with Gasteiger partial charge < -0.3 is 20.3 Å². The van der Waals surface area contributed by atoms with Crippen LogP contribution in [-0.2, 0) is 6.54 Å². The molecule has 2 atom stereocenters. The van der Waals surface area contributed by atoms with Crippen LogP contribution in [-0.4, -0.2) is 65.5 Å². The summed E-state index contributed by atoms with van der Waals surface area (Å²) in [5, 5.41) is 28.7. The van der Waals surface area contributed by atoms with Crippen LogP contribution >= 0.6 is 11.3 Å². The van der Waals surface area contributed by atoms with Crippen molar-refractivity contribution in [3.8, 4) is 5.75 Å². The van der Waals surface area contributed by atoms with Crippen molar-refractivity contribution < 1.29 is 24.5 Å². The van der Waals surface area contributed by atoms with E-state index in [1.165, 1.54) is 17.6 Å². The van der Waals surface area contributed by atoms with Crippen LogP contribution in [0, 0.1) is 6.92 Å². The van der Waals surface area contributed by atoms with E-state index in [1.807, 2.05) is 23.1 Å². The Kier molecular flexibility index (Phi) is 10.5. The van der Waals surface area contributed by atoms with E-state index >= 15 is 0 Å². The number of thiophene rings is 1. The fraction of sp³-hybridized carbons (Fsp3) is 0.321. The van der Waals surface area contributed by atoms with Crippen LogP contribution in [0.5, 0.6) is 5.75 Å². The molecule has 38 heavy (non-hydrogen) atoms. The van der Waals surface area contributed by atoms with Crippen LogP contribution in [0.15, 0.2) is 59.0 Å². The van der Waals surface area contributed by atoms with Gasteiger partial charge in [-0.1, -0.05) is 12.1 Å². The highest BCUT2D eigenvalue weighted by atomic mass is 32.1. The van der Waals surface area contributed by atoms with Gasteiger partial charge in [0.15, 0.2) is 0 Å². The number of hydrazone groups is 1. The van der Waals surface area contributed by atoms with Gasteiger partial charge >= 0.3 is 0 Å². The number of anilines is 1. The van der Waals surface area contributed by atoms with Gasteiger partial charge in [0.2, 0.25) is 0 Å². The zero-order chi connectivity index (χ0) is 27.7. The summed E-state index contributed by atoms with van der Waals surface area (Å²) in [4.78, 5) is 27.9. The fourth-order valence-corrected chi connectivity index (χ4v) is 4.86. The van der Waals surface area contributed by atoms with Crippen LogP contribution in [0.25, 0.3) is 0 Å². The van der Waals surface area contributed by atoms with Crippen LogP contribution < -0.4 is 15.5 Å². The molecular weight excluding hydrogens is 504 g/mol. The minimum atomic E-state index is -0.549. The molecule has 2 amide bonds. The molecule has 10 heteroatoms. The molecule has 0 saturated carbocycles. The highest BCUT2D eigenvalue weighted by molar-refractivity contribution is 7.15. The van der Waals surface area contributed by atoms with Crippen LogP contribution in [0.4, 0.5) is 5.00 Å². The van der Waals surface area contributed by atoms with Crippen molar-refractivity contribution in [3.05, 3.63) is 81.7 Å². The number of amides is 2. The topological polar surface area (TPSA) is 123 Å². The van der Waals surface area contributed by atoms with Gasteiger partial charge in [0.05, 0.1) is 31.1 Å². The number of rotatable bonds is 12. The Morgan fingerprint density at radius 2 is 1.76 bits per heavy atom. The highest BCUT2D eigenvalue weighted by Gasteiger charge is 2.19. The van der Waals surface area contributed by atoms with E-state index in [2.05, 4.69) is 15.8 Å². The summed E-state index contributed by atoms with van der Waals surface area (Å²) < 4.78 is 5.13. The van der Waals surface area contributed by atoms with E-state index in [1.54, 1.807) is 63.6 Å². The Morgan fingerprint density at radius 1 is 1.08 bits per heavy atom. The Labute approximate surface area is 226 Å². The number of hydrogen-bond acceptors (Lipinski definition) is 8. The monoisotopic (exact) mass is 538 g/mol. The molecule has 3 rings (SSSR count). The summed E-state index contributed by atoms with van der Waals surface area (Å²) in [6, 6.07) is 14.4. The first-order valence-corrected chi connectivity index (χ1v) is 13.1. The fourth-order valence-electron chi connectivity index (χ4n) is 3.93. The van der Waals surface area contributed by atoms with Crippen molar-refractivity contribution >= 4 is 34.4 Å². The molecular formula is C28H34N4O5S. The first-order chi connectivity index (χ1) is 18.2. The third kappa shape index (κ3) is 8.49. The van der Waals surface area contributed by atoms with E-state index in [-0.39, 0.29) is 5.91 Å². The number of ether oxygens (including phenoxy) is 1. The molecule has 0 spiro atoms. The maximum atomic E-state index is 13.1. The summed E-state index contributed by atoms with van der Waals surface area (Å²) in [6.45, 7) is 6.45. The molecule has 0 radical (unpaired) electrons. The molecule has 202 valence electrons. The quantitative estimate of drug-likeness (QED) is 0.206. The minimum absolute atomic E-state index is 0.345. The van der Waals surface area contributed by atoms with Crippen molar-refractivity contribution in [2.45, 2.75) is 39.5 Å². The van der Waals surface area contributed by atoms with Crippen molar-refractivity contribution in [2.24, 2.45) is 5.10 Å². The Hall–Kier alpha value is -3.57. The number of methoxy groups -OCH3 is 1. The third-order valence-electron chi connectivity index (χ3n) is 5.56. The standard InChI is InChI=1S/C28H34N4O5S/c1-18-17-38-28(25(18)27(36)31-29-13-21-8-10-24(37-4)11-9-21)30-26(35)23-7-5-6-22(12-23)16-32(14-19(2)33)15-20(3)34/h5-13,17,19-20,33-34H,14-16H2,1-4H3,(H,30,35)(H,31,36). The number of hydrogen-bond donors (Lipinski definition) is 4. The van der Waals surface area contributed by atoms with Crippen molar-refractivity contribution in [1.29, 1.82) is 0 Å². The molecule has 0 aliphatic carbocycles. The SMILES string of the molecule is COc1ccc(C=NNC(=O)c2c(C)csc2NC(=O)c2cccc(CN(CC(C)O)CC(C)O)c2)cc1. The van der Waals surface area contributed by atoms with E-state index in [9.17, 15) is 19.8 Å². The lowest BCUT2D eigenvalue weighted by atomic mass is 10.1. The second-order valence-electron chi connectivity index (χ2n) is 9.14. The molecule has 3 aromatic rings. The highest BCUT2D eigenvalue weighted by Crippen LogP contribution is 2.28. The number of carbonyl (C=O) groups is 2. The van der Waals surface area contributed by atoms with Gasteiger partial charge in [0.1, 0.15) is 10.8 Å². The van der Waals surface area contributed by atoms with Crippen LogP contribution in [0.2, 0.25) is 0 Å². The summed E-state index contributed by atoms with van der Waals surface area (Å²) in [6.07, 6.45) is 0.432. The average Bonchev–Trinajstić information content (AvgIpc) is 3.23. The molecule has 0 fully saturated rings. The van der Waals surface area contributed by atoms with Gasteiger partial charge in [-0.2, -0.15) is 5.10 Å². The van der Waals surface area contributed by atoms with Gasteiger partial charge in [0.25, 0.3) is 11.8 Å². The Bertz CT molecular complexity index is 1240. The van der Waals surface area contributed by atoms with Crippen molar-refractivity contribution in [1.82, 2.24) is 10.3 Å². The molecule has 0 aliphatic heterocycles. The summed E-state index contributed by atoms with van der Waals surface area (Å²) in [5.74, 6) is -0.0469. The predicted octanol–water partition coefficient (Wildman–Crippen LogP) is 3.64. The summed E-state index contributed by atoms with van der Waals surface area (Å²) >= 11 is 1.27. The lowest BCUT2D eigenvalue weighted by molar-refractivity contribution is 0.0793. The van der Waals surface area contributed by atoms with Gasteiger partial charge in [-0.25, -0.2) is 5.43 Å². The molecule has 0 aliphatic rings. The zero-order valence-electron chi connectivity index (χ0n) is 22.0. The largest absolute Gasteiger partial charge is 0.497 e. The molecule has 1 heterocycles. The predicted molar refractivity (Wildman–Crippen MR) is 150 cm³/mol. The Balaban J connectivity index is 1.68. The molecule has 4 N–H and O–H groups in total. The molecule has 0 bridgehead atoms. The van der Waals surface area contributed by atoms with Gasteiger partial charge in [-0.3, -0.25) is 14.5 Å². The lowest BCUT2D eigenvalue weighted by Gasteiger charge is -2.25. The second-order valence-corrected chi connectivity index (χ2v) is 10.0. The molecule has 9 nitrogen and oxygen atoms in total. The van der Waals surface area contributed by atoms with E-state index in [0.717, 1.165) is 22.4 Å². The average molecular weight is 539 g/mol. The van der Waals surface area contributed by atoms with E-state index in [0.29, 0.717) is 35.8 Å². The van der Waals surface area contributed by atoms with Gasteiger partial charge in [0, 0.05) is 25.2 Å². The number of benzene rings is 2. The second kappa shape index (κ2) is 13.8. The minimum Gasteiger partial charge on any atom is -0.497 e. The van der Waals surface area contributed by atoms with Crippen molar-refractivity contribution in [3.63, 3.8) is 0 Å². The third-order valence-corrected chi connectivity index (χ3v) is 6.58. The van der Waals surface area contributed by atoms with Crippen molar-refractivity contribution in [2.75, 3.05) is 25.5 Å².